The summed E-state index contributed by atoms with van der Waals surface area (Å²) >= 11 is 6.13. The maximum Gasteiger partial charge on any atom is 0.306 e. The monoisotopic (exact) mass is 310 g/mol. The lowest BCUT2D eigenvalue weighted by molar-refractivity contribution is -0.143. The number of carbonyl (C=O) groups is 2. The fourth-order valence-electron chi connectivity index (χ4n) is 2.70. The Labute approximate surface area is 128 Å². The molecule has 1 aliphatic rings. The molecule has 2 unspecified atom stereocenters. The number of carbonyl (C=O) groups excluding carboxylic acids is 1. The second-order valence-electron chi connectivity index (χ2n) is 5.45. The van der Waals surface area contributed by atoms with Crippen LogP contribution in [-0.4, -0.2) is 23.0 Å². The molecule has 0 saturated heterocycles. The van der Waals surface area contributed by atoms with Crippen LogP contribution in [0.4, 0.5) is 0 Å². The Hall–Kier alpha value is -1.59. The Bertz CT molecular complexity index is 548. The van der Waals surface area contributed by atoms with Crippen molar-refractivity contribution in [2.24, 2.45) is 11.7 Å². The molecule has 2 rings (SSSR count). The van der Waals surface area contributed by atoms with E-state index in [0.717, 1.165) is 24.8 Å². The number of halogens is 1. The first-order chi connectivity index (χ1) is 9.97. The molecule has 6 heteroatoms. The molecular weight excluding hydrogens is 292 g/mol. The summed E-state index contributed by atoms with van der Waals surface area (Å²) < 4.78 is 0. The summed E-state index contributed by atoms with van der Waals surface area (Å²) in [5.41, 5.74) is 6.45. The van der Waals surface area contributed by atoms with Crippen molar-refractivity contribution in [1.82, 2.24) is 5.32 Å². The number of hydrogen-bond donors (Lipinski definition) is 3. The molecule has 5 nitrogen and oxygen atoms in total. The molecular formula is C15H19ClN2O3. The average Bonchev–Trinajstić information content (AvgIpc) is 2.46. The molecule has 1 saturated carbocycles. The second-order valence-corrected chi connectivity index (χ2v) is 5.86. The van der Waals surface area contributed by atoms with E-state index in [1.54, 1.807) is 18.2 Å². The number of rotatable bonds is 5. The van der Waals surface area contributed by atoms with Crippen LogP contribution in [0, 0.1) is 5.92 Å². The van der Waals surface area contributed by atoms with E-state index in [2.05, 4.69) is 5.32 Å². The van der Waals surface area contributed by atoms with Gasteiger partial charge in [0.2, 0.25) is 5.91 Å². The predicted molar refractivity (Wildman–Crippen MR) is 80.2 cm³/mol. The van der Waals surface area contributed by atoms with Crippen molar-refractivity contribution in [1.29, 1.82) is 0 Å². The van der Waals surface area contributed by atoms with Crippen molar-refractivity contribution >= 4 is 23.5 Å². The van der Waals surface area contributed by atoms with E-state index in [-0.39, 0.29) is 12.0 Å². The highest BCUT2D eigenvalue weighted by Gasteiger charge is 2.26. The van der Waals surface area contributed by atoms with Gasteiger partial charge in [0, 0.05) is 23.2 Å². The van der Waals surface area contributed by atoms with Crippen molar-refractivity contribution in [3.05, 3.63) is 34.3 Å². The molecule has 114 valence electrons. The summed E-state index contributed by atoms with van der Waals surface area (Å²) in [5, 5.41) is 12.9. The summed E-state index contributed by atoms with van der Waals surface area (Å²) in [6.07, 6.45) is 3.29. The van der Waals surface area contributed by atoms with E-state index in [9.17, 15) is 9.59 Å². The normalized spacial score (nSPS) is 22.0. The van der Waals surface area contributed by atoms with Gasteiger partial charge in [0.1, 0.15) is 0 Å². The Morgan fingerprint density at radius 3 is 2.76 bits per heavy atom. The van der Waals surface area contributed by atoms with Gasteiger partial charge < -0.3 is 16.2 Å². The molecule has 0 bridgehead atoms. The predicted octanol–water partition coefficient (Wildman–Crippen LogP) is 2.17. The fraction of sp³-hybridized carbons (Fsp3) is 0.467. The molecule has 0 heterocycles. The van der Waals surface area contributed by atoms with Gasteiger partial charge in [-0.15, -0.1) is 0 Å². The van der Waals surface area contributed by atoms with Crippen LogP contribution < -0.4 is 11.1 Å². The van der Waals surface area contributed by atoms with Crippen molar-refractivity contribution in [3.63, 3.8) is 0 Å². The lowest BCUT2D eigenvalue weighted by Crippen LogP contribution is -2.36. The molecule has 1 aromatic rings. The minimum atomic E-state index is -0.717. The third-order valence-corrected chi connectivity index (χ3v) is 4.29. The zero-order valence-corrected chi connectivity index (χ0v) is 12.4. The van der Waals surface area contributed by atoms with E-state index in [0.29, 0.717) is 23.6 Å². The maximum absolute atomic E-state index is 11.1. The highest BCUT2D eigenvalue weighted by atomic mass is 35.5. The maximum atomic E-state index is 11.1. The van der Waals surface area contributed by atoms with Gasteiger partial charge in [0.15, 0.2) is 0 Å². The van der Waals surface area contributed by atoms with Gasteiger partial charge >= 0.3 is 5.97 Å². The summed E-state index contributed by atoms with van der Waals surface area (Å²) in [5.74, 6) is -1.48. The molecule has 1 amide bonds. The van der Waals surface area contributed by atoms with Crippen molar-refractivity contribution < 1.29 is 14.7 Å². The van der Waals surface area contributed by atoms with Gasteiger partial charge in [-0.2, -0.15) is 0 Å². The highest BCUT2D eigenvalue weighted by Crippen LogP contribution is 2.25. The van der Waals surface area contributed by atoms with E-state index in [4.69, 9.17) is 22.4 Å². The van der Waals surface area contributed by atoms with Gasteiger partial charge in [-0.1, -0.05) is 24.1 Å². The van der Waals surface area contributed by atoms with E-state index in [1.807, 2.05) is 0 Å². The number of nitrogens with two attached hydrogens (primary N) is 1. The average molecular weight is 311 g/mol. The zero-order chi connectivity index (χ0) is 15.4. The molecule has 0 spiro atoms. The largest absolute Gasteiger partial charge is 0.481 e. The van der Waals surface area contributed by atoms with Crippen LogP contribution in [0.25, 0.3) is 0 Å². The number of nitrogens with one attached hydrogen (secondary N) is 1. The number of primary amides is 1. The summed E-state index contributed by atoms with van der Waals surface area (Å²) in [6.45, 7) is 0.550. The van der Waals surface area contributed by atoms with Gasteiger partial charge in [-0.3, -0.25) is 9.59 Å². The van der Waals surface area contributed by atoms with Gasteiger partial charge in [-0.05, 0) is 37.0 Å². The fourth-order valence-corrected chi connectivity index (χ4v) is 2.95. The quantitative estimate of drug-likeness (QED) is 0.777. The zero-order valence-electron chi connectivity index (χ0n) is 11.6. The van der Waals surface area contributed by atoms with Crippen LogP contribution in [0.5, 0.6) is 0 Å². The van der Waals surface area contributed by atoms with E-state index < -0.39 is 11.9 Å². The molecule has 0 aliphatic heterocycles. The topological polar surface area (TPSA) is 92.4 Å². The van der Waals surface area contributed by atoms with Crippen LogP contribution >= 0.6 is 11.6 Å². The van der Waals surface area contributed by atoms with Crippen molar-refractivity contribution in [2.75, 3.05) is 0 Å². The minimum Gasteiger partial charge on any atom is -0.481 e. The third kappa shape index (κ3) is 4.19. The number of aliphatic carboxylic acids is 1. The molecule has 0 radical (unpaired) electrons. The molecule has 1 fully saturated rings. The SMILES string of the molecule is NC(=O)c1ccc(CNC2CCCC(C(=O)O)C2)c(Cl)c1. The molecule has 1 aromatic carbocycles. The summed E-state index contributed by atoms with van der Waals surface area (Å²) in [7, 11) is 0. The molecule has 4 N–H and O–H groups in total. The minimum absolute atomic E-state index is 0.187. The Morgan fingerprint density at radius 2 is 2.14 bits per heavy atom. The second kappa shape index (κ2) is 6.91. The number of carboxylic acid groups (broad SMARTS) is 1. The Morgan fingerprint density at radius 1 is 1.38 bits per heavy atom. The third-order valence-electron chi connectivity index (χ3n) is 3.94. The summed E-state index contributed by atoms with van der Waals surface area (Å²) in [4.78, 5) is 22.1. The highest BCUT2D eigenvalue weighted by molar-refractivity contribution is 6.31. The van der Waals surface area contributed by atoms with Crippen LogP contribution in [0.3, 0.4) is 0 Å². The first kappa shape index (κ1) is 15.8. The number of carboxylic acids is 1. The van der Waals surface area contributed by atoms with Crippen LogP contribution in [0.2, 0.25) is 5.02 Å². The molecule has 2 atom stereocenters. The van der Waals surface area contributed by atoms with Crippen molar-refractivity contribution in [3.8, 4) is 0 Å². The van der Waals surface area contributed by atoms with Gasteiger partial charge in [0.05, 0.1) is 5.92 Å². The first-order valence-corrected chi connectivity index (χ1v) is 7.39. The van der Waals surface area contributed by atoms with Crippen LogP contribution in [0.15, 0.2) is 18.2 Å². The van der Waals surface area contributed by atoms with E-state index in [1.165, 1.54) is 0 Å². The van der Waals surface area contributed by atoms with Gasteiger partial charge in [0.25, 0.3) is 0 Å². The van der Waals surface area contributed by atoms with Gasteiger partial charge in [-0.25, -0.2) is 0 Å². The Kier molecular flexibility index (Phi) is 5.20. The smallest absolute Gasteiger partial charge is 0.306 e. The van der Waals surface area contributed by atoms with E-state index >= 15 is 0 Å². The molecule has 0 aromatic heterocycles. The van der Waals surface area contributed by atoms with Crippen LogP contribution in [0.1, 0.15) is 41.6 Å². The molecule has 21 heavy (non-hydrogen) atoms. The summed E-state index contributed by atoms with van der Waals surface area (Å²) in [6, 6.07) is 5.16. The number of amides is 1. The molecule has 1 aliphatic carbocycles. The lowest BCUT2D eigenvalue weighted by Gasteiger charge is -2.27. The van der Waals surface area contributed by atoms with Crippen molar-refractivity contribution in [2.45, 2.75) is 38.3 Å². The standard InChI is InChI=1S/C15H19ClN2O3/c16-13-7-9(14(17)19)4-5-11(13)8-18-12-3-1-2-10(6-12)15(20)21/h4-5,7,10,12,18H,1-3,6,8H2,(H2,17,19)(H,20,21). The number of benzene rings is 1. The lowest BCUT2D eigenvalue weighted by atomic mass is 9.86. The van der Waals surface area contributed by atoms with Crippen LogP contribution in [-0.2, 0) is 11.3 Å². The Balaban J connectivity index is 1.93. The first-order valence-electron chi connectivity index (χ1n) is 7.01. The number of hydrogen-bond acceptors (Lipinski definition) is 3.